The number of hydrazine groups is 1. The largest absolute Gasteiger partial charge is 0.381 e. The predicted octanol–water partition coefficient (Wildman–Crippen LogP) is 3.07. The zero-order valence-corrected chi connectivity index (χ0v) is 12.7. The lowest BCUT2D eigenvalue weighted by Gasteiger charge is -2.45. The molecule has 1 fully saturated rings. The zero-order valence-electron chi connectivity index (χ0n) is 12.7. The summed E-state index contributed by atoms with van der Waals surface area (Å²) < 4.78 is 5.64. The molecule has 1 unspecified atom stereocenters. The van der Waals surface area contributed by atoms with Crippen molar-refractivity contribution in [3.63, 3.8) is 0 Å². The van der Waals surface area contributed by atoms with Gasteiger partial charge in [-0.05, 0) is 44.1 Å². The summed E-state index contributed by atoms with van der Waals surface area (Å²) in [6, 6.07) is 11.1. The van der Waals surface area contributed by atoms with Crippen molar-refractivity contribution in [2.75, 3.05) is 13.2 Å². The van der Waals surface area contributed by atoms with E-state index in [2.05, 4.69) is 41.8 Å². The Morgan fingerprint density at radius 1 is 1.10 bits per heavy atom. The molecule has 1 aromatic rings. The van der Waals surface area contributed by atoms with Gasteiger partial charge < -0.3 is 4.74 Å². The number of nitrogens with one attached hydrogen (secondary N) is 1. The van der Waals surface area contributed by atoms with Gasteiger partial charge in [0.05, 0.1) is 6.04 Å². The number of ether oxygens (including phenoxy) is 1. The maximum Gasteiger partial charge on any atom is 0.0518 e. The number of nitrogens with two attached hydrogens (primary N) is 1. The van der Waals surface area contributed by atoms with Gasteiger partial charge in [-0.3, -0.25) is 11.3 Å². The van der Waals surface area contributed by atoms with Crippen LogP contribution in [0.15, 0.2) is 42.0 Å². The van der Waals surface area contributed by atoms with Gasteiger partial charge >= 0.3 is 0 Å². The number of hydrogen-bond donors (Lipinski definition) is 2. The van der Waals surface area contributed by atoms with Crippen molar-refractivity contribution in [2.24, 2.45) is 5.84 Å². The lowest BCUT2D eigenvalue weighted by molar-refractivity contribution is 0.0388. The molecule has 1 heterocycles. The van der Waals surface area contributed by atoms with Crippen LogP contribution in [0.25, 0.3) is 0 Å². The average Bonchev–Trinajstić information content (AvgIpc) is 2.58. The Hall–Kier alpha value is -1.16. The second-order valence-electron chi connectivity index (χ2n) is 6.26. The minimum Gasteiger partial charge on any atom is -0.381 e. The van der Waals surface area contributed by atoms with E-state index in [9.17, 15) is 0 Å². The normalized spacial score (nSPS) is 23.4. The molecular weight excluding hydrogens is 260 g/mol. The van der Waals surface area contributed by atoms with Gasteiger partial charge in [-0.2, -0.15) is 0 Å². The fraction of sp³-hybridized carbons (Fsp3) is 0.556. The fourth-order valence-electron chi connectivity index (χ4n) is 4.00. The van der Waals surface area contributed by atoms with E-state index < -0.39 is 0 Å². The third kappa shape index (κ3) is 2.91. The molecular formula is C18H26N2O. The fourth-order valence-corrected chi connectivity index (χ4v) is 4.00. The van der Waals surface area contributed by atoms with Gasteiger partial charge in [-0.15, -0.1) is 0 Å². The van der Waals surface area contributed by atoms with E-state index in [0.717, 1.165) is 26.1 Å². The Kier molecular flexibility index (Phi) is 4.73. The highest BCUT2D eigenvalue weighted by molar-refractivity contribution is 5.34. The van der Waals surface area contributed by atoms with Gasteiger partial charge in [0, 0.05) is 18.6 Å². The average molecular weight is 286 g/mol. The van der Waals surface area contributed by atoms with Crippen LogP contribution < -0.4 is 11.3 Å². The SMILES string of the molecule is NNC(C1=CCCCC1)C1(c2ccccc2)CCOCC1. The Morgan fingerprint density at radius 2 is 1.86 bits per heavy atom. The summed E-state index contributed by atoms with van der Waals surface area (Å²) in [4.78, 5) is 0. The quantitative estimate of drug-likeness (QED) is 0.508. The topological polar surface area (TPSA) is 47.3 Å². The second-order valence-corrected chi connectivity index (χ2v) is 6.26. The van der Waals surface area contributed by atoms with Gasteiger partial charge in [0.15, 0.2) is 0 Å². The molecule has 3 rings (SSSR count). The molecule has 21 heavy (non-hydrogen) atoms. The first-order chi connectivity index (χ1) is 10.4. The highest BCUT2D eigenvalue weighted by atomic mass is 16.5. The smallest absolute Gasteiger partial charge is 0.0518 e. The summed E-state index contributed by atoms with van der Waals surface area (Å²) in [5, 5.41) is 0. The molecule has 0 bridgehead atoms. The Balaban J connectivity index is 1.99. The van der Waals surface area contributed by atoms with Crippen molar-refractivity contribution >= 4 is 0 Å². The van der Waals surface area contributed by atoms with Gasteiger partial charge in [0.2, 0.25) is 0 Å². The maximum atomic E-state index is 6.03. The van der Waals surface area contributed by atoms with Crippen LogP contribution >= 0.6 is 0 Å². The summed E-state index contributed by atoms with van der Waals surface area (Å²) in [6.07, 6.45) is 9.42. The third-order valence-electron chi connectivity index (χ3n) is 5.15. The molecule has 114 valence electrons. The number of rotatable bonds is 4. The van der Waals surface area contributed by atoms with Crippen LogP contribution in [0.1, 0.15) is 44.1 Å². The molecule has 1 aliphatic heterocycles. The van der Waals surface area contributed by atoms with Crippen LogP contribution in [0.3, 0.4) is 0 Å². The van der Waals surface area contributed by atoms with Gasteiger partial charge in [-0.1, -0.05) is 42.0 Å². The third-order valence-corrected chi connectivity index (χ3v) is 5.15. The van der Waals surface area contributed by atoms with Crippen LogP contribution in [0.2, 0.25) is 0 Å². The highest BCUT2D eigenvalue weighted by Crippen LogP contribution is 2.42. The molecule has 0 amide bonds. The summed E-state index contributed by atoms with van der Waals surface area (Å²) in [7, 11) is 0. The van der Waals surface area contributed by atoms with E-state index >= 15 is 0 Å². The van der Waals surface area contributed by atoms with E-state index in [0.29, 0.717) is 0 Å². The molecule has 0 radical (unpaired) electrons. The number of hydrogen-bond acceptors (Lipinski definition) is 3. The minimum absolute atomic E-state index is 0.0669. The lowest BCUT2D eigenvalue weighted by atomic mass is 9.65. The standard InChI is InChI=1S/C18H26N2O/c19-20-17(15-7-3-1-4-8-15)18(11-13-21-14-12-18)16-9-5-2-6-10-16/h2,5-7,9-10,17,20H,1,3-4,8,11-14,19H2. The van der Waals surface area contributed by atoms with Crippen molar-refractivity contribution in [2.45, 2.75) is 50.0 Å². The van der Waals surface area contributed by atoms with Crippen molar-refractivity contribution in [1.82, 2.24) is 5.43 Å². The molecule has 3 N–H and O–H groups in total. The van der Waals surface area contributed by atoms with Crippen molar-refractivity contribution < 1.29 is 4.74 Å². The number of allylic oxidation sites excluding steroid dienone is 1. The van der Waals surface area contributed by atoms with Crippen molar-refractivity contribution in [1.29, 1.82) is 0 Å². The van der Waals surface area contributed by atoms with Gasteiger partial charge in [-0.25, -0.2) is 0 Å². The predicted molar refractivity (Wildman–Crippen MR) is 85.8 cm³/mol. The van der Waals surface area contributed by atoms with E-state index in [4.69, 9.17) is 10.6 Å². The maximum absolute atomic E-state index is 6.03. The first-order valence-corrected chi connectivity index (χ1v) is 8.15. The van der Waals surface area contributed by atoms with Gasteiger partial charge in [0.25, 0.3) is 0 Å². The first kappa shape index (κ1) is 14.8. The molecule has 0 saturated carbocycles. The molecule has 1 aromatic carbocycles. The summed E-state index contributed by atoms with van der Waals surface area (Å²) in [5.74, 6) is 6.03. The Labute approximate surface area is 127 Å². The molecule has 3 nitrogen and oxygen atoms in total. The van der Waals surface area contributed by atoms with E-state index in [1.54, 1.807) is 0 Å². The summed E-state index contributed by atoms with van der Waals surface area (Å²) in [6.45, 7) is 1.64. The summed E-state index contributed by atoms with van der Waals surface area (Å²) >= 11 is 0. The monoisotopic (exact) mass is 286 g/mol. The Bertz CT molecular complexity index is 477. The molecule has 1 saturated heterocycles. The van der Waals surface area contributed by atoms with Crippen LogP contribution in [0.5, 0.6) is 0 Å². The van der Waals surface area contributed by atoms with Crippen LogP contribution in [-0.4, -0.2) is 19.3 Å². The van der Waals surface area contributed by atoms with Crippen LogP contribution in [0, 0.1) is 0 Å². The first-order valence-electron chi connectivity index (χ1n) is 8.15. The molecule has 1 atom stereocenters. The van der Waals surface area contributed by atoms with E-state index in [1.165, 1.54) is 36.8 Å². The van der Waals surface area contributed by atoms with Gasteiger partial charge in [0.1, 0.15) is 0 Å². The van der Waals surface area contributed by atoms with E-state index in [1.807, 2.05) is 0 Å². The van der Waals surface area contributed by atoms with Crippen LogP contribution in [0.4, 0.5) is 0 Å². The molecule has 1 aliphatic carbocycles. The molecule has 0 spiro atoms. The van der Waals surface area contributed by atoms with Crippen molar-refractivity contribution in [3.05, 3.63) is 47.5 Å². The highest BCUT2D eigenvalue weighted by Gasteiger charge is 2.42. The van der Waals surface area contributed by atoms with Crippen molar-refractivity contribution in [3.8, 4) is 0 Å². The minimum atomic E-state index is 0.0669. The summed E-state index contributed by atoms with van der Waals surface area (Å²) in [5.41, 5.74) is 6.11. The number of benzene rings is 1. The van der Waals surface area contributed by atoms with Crippen LogP contribution in [-0.2, 0) is 10.2 Å². The zero-order chi connectivity index (χ0) is 14.5. The second kappa shape index (κ2) is 6.73. The molecule has 3 heteroatoms. The van der Waals surface area contributed by atoms with E-state index in [-0.39, 0.29) is 11.5 Å². The lowest BCUT2D eigenvalue weighted by Crippen LogP contribution is -2.55. The molecule has 2 aliphatic rings. The Morgan fingerprint density at radius 3 is 2.48 bits per heavy atom. The molecule has 0 aromatic heterocycles.